The largest absolute Gasteiger partial charge is 0.394 e. The highest BCUT2D eigenvalue weighted by Gasteiger charge is 2.34. The molecular formula is C16H31N3O2. The summed E-state index contributed by atoms with van der Waals surface area (Å²) < 4.78 is 0. The van der Waals surface area contributed by atoms with Gasteiger partial charge in [-0.2, -0.15) is 0 Å². The summed E-state index contributed by atoms with van der Waals surface area (Å²) in [6.07, 6.45) is 7.54. The van der Waals surface area contributed by atoms with Gasteiger partial charge in [-0.15, -0.1) is 0 Å². The molecule has 2 amide bonds. The minimum absolute atomic E-state index is 0.0514. The van der Waals surface area contributed by atoms with Gasteiger partial charge in [-0.25, -0.2) is 4.79 Å². The molecule has 2 aliphatic rings. The molecule has 5 nitrogen and oxygen atoms in total. The van der Waals surface area contributed by atoms with Crippen LogP contribution in [0.4, 0.5) is 4.79 Å². The van der Waals surface area contributed by atoms with Crippen LogP contribution < -0.4 is 10.6 Å². The van der Waals surface area contributed by atoms with Crippen molar-refractivity contribution in [3.8, 4) is 0 Å². The SMILES string of the molecule is CCCN1CCC(CNC(=O)NC2(CO)CCCC2)CC1. The molecule has 21 heavy (non-hydrogen) atoms. The maximum atomic E-state index is 12.0. The van der Waals surface area contributed by atoms with Crippen molar-refractivity contribution in [2.45, 2.75) is 57.4 Å². The smallest absolute Gasteiger partial charge is 0.315 e. The van der Waals surface area contributed by atoms with Crippen molar-refractivity contribution >= 4 is 6.03 Å². The van der Waals surface area contributed by atoms with Gasteiger partial charge in [-0.1, -0.05) is 19.8 Å². The average Bonchev–Trinajstić information content (AvgIpc) is 2.96. The minimum atomic E-state index is -0.366. The van der Waals surface area contributed by atoms with E-state index in [2.05, 4.69) is 22.5 Å². The summed E-state index contributed by atoms with van der Waals surface area (Å²) in [5, 5.41) is 15.5. The highest BCUT2D eigenvalue weighted by molar-refractivity contribution is 5.74. The fourth-order valence-electron chi connectivity index (χ4n) is 3.63. The summed E-state index contributed by atoms with van der Waals surface area (Å²) in [6, 6.07) is -0.109. The lowest BCUT2D eigenvalue weighted by Crippen LogP contribution is -2.53. The zero-order valence-corrected chi connectivity index (χ0v) is 13.4. The summed E-state index contributed by atoms with van der Waals surface area (Å²) in [4.78, 5) is 14.5. The molecule has 0 atom stereocenters. The Morgan fingerprint density at radius 1 is 1.29 bits per heavy atom. The first-order chi connectivity index (χ1) is 10.2. The van der Waals surface area contributed by atoms with Crippen LogP contribution in [0.2, 0.25) is 0 Å². The molecule has 5 heteroatoms. The molecular weight excluding hydrogens is 266 g/mol. The van der Waals surface area contributed by atoms with E-state index in [4.69, 9.17) is 0 Å². The van der Waals surface area contributed by atoms with E-state index >= 15 is 0 Å². The van der Waals surface area contributed by atoms with E-state index in [1.165, 1.54) is 25.8 Å². The molecule has 0 aromatic heterocycles. The van der Waals surface area contributed by atoms with E-state index in [1.807, 2.05) is 0 Å². The number of aliphatic hydroxyl groups excluding tert-OH is 1. The molecule has 1 aliphatic heterocycles. The Morgan fingerprint density at radius 2 is 1.95 bits per heavy atom. The monoisotopic (exact) mass is 297 g/mol. The molecule has 0 radical (unpaired) electrons. The van der Waals surface area contributed by atoms with Gasteiger partial charge >= 0.3 is 6.03 Å². The van der Waals surface area contributed by atoms with Crippen LogP contribution in [0, 0.1) is 5.92 Å². The lowest BCUT2D eigenvalue weighted by Gasteiger charge is -2.32. The molecule has 122 valence electrons. The topological polar surface area (TPSA) is 64.6 Å². The van der Waals surface area contributed by atoms with E-state index in [0.717, 1.165) is 45.3 Å². The zero-order valence-electron chi connectivity index (χ0n) is 13.4. The summed E-state index contributed by atoms with van der Waals surface area (Å²) in [5.41, 5.74) is -0.366. The molecule has 1 heterocycles. The van der Waals surface area contributed by atoms with Gasteiger partial charge in [-0.3, -0.25) is 0 Å². The van der Waals surface area contributed by atoms with Crippen LogP contribution in [0.1, 0.15) is 51.9 Å². The normalized spacial score (nSPS) is 23.1. The van der Waals surface area contributed by atoms with Gasteiger partial charge in [-0.05, 0) is 57.7 Å². The Balaban J connectivity index is 1.65. The van der Waals surface area contributed by atoms with E-state index in [-0.39, 0.29) is 18.2 Å². The fourth-order valence-corrected chi connectivity index (χ4v) is 3.63. The Kier molecular flexibility index (Phi) is 6.30. The molecule has 0 aromatic carbocycles. The third kappa shape index (κ3) is 4.85. The van der Waals surface area contributed by atoms with Crippen LogP contribution in [0.25, 0.3) is 0 Å². The van der Waals surface area contributed by atoms with Crippen LogP contribution >= 0.6 is 0 Å². The quantitative estimate of drug-likeness (QED) is 0.699. The number of likely N-dealkylation sites (tertiary alicyclic amines) is 1. The number of hydrogen-bond acceptors (Lipinski definition) is 3. The zero-order chi connectivity index (χ0) is 15.1. The van der Waals surface area contributed by atoms with Crippen molar-refractivity contribution in [1.82, 2.24) is 15.5 Å². The molecule has 0 unspecified atom stereocenters. The number of nitrogens with zero attached hydrogens (tertiary/aromatic N) is 1. The summed E-state index contributed by atoms with van der Waals surface area (Å²) in [7, 11) is 0. The number of urea groups is 1. The Bertz CT molecular complexity index is 321. The number of hydrogen-bond donors (Lipinski definition) is 3. The predicted octanol–water partition coefficient (Wildman–Crippen LogP) is 1.71. The molecule has 0 spiro atoms. The van der Waals surface area contributed by atoms with Gasteiger partial charge in [0.25, 0.3) is 0 Å². The first-order valence-corrected chi connectivity index (χ1v) is 8.57. The molecule has 1 saturated heterocycles. The van der Waals surface area contributed by atoms with Crippen LogP contribution in [-0.4, -0.2) is 54.4 Å². The first-order valence-electron chi connectivity index (χ1n) is 8.57. The van der Waals surface area contributed by atoms with E-state index in [9.17, 15) is 9.90 Å². The predicted molar refractivity (Wildman–Crippen MR) is 84.3 cm³/mol. The summed E-state index contributed by atoms with van der Waals surface area (Å²) >= 11 is 0. The molecule has 0 bridgehead atoms. The maximum Gasteiger partial charge on any atom is 0.315 e. The number of aliphatic hydroxyl groups is 1. The summed E-state index contributed by atoms with van der Waals surface area (Å²) in [6.45, 7) is 6.53. The molecule has 2 fully saturated rings. The van der Waals surface area contributed by atoms with Crippen molar-refractivity contribution in [1.29, 1.82) is 0 Å². The number of carbonyl (C=O) groups is 1. The number of nitrogens with one attached hydrogen (secondary N) is 2. The van der Waals surface area contributed by atoms with Crippen LogP contribution in [0.3, 0.4) is 0 Å². The number of carbonyl (C=O) groups excluding carboxylic acids is 1. The fraction of sp³-hybridized carbons (Fsp3) is 0.938. The van der Waals surface area contributed by atoms with Gasteiger partial charge in [0, 0.05) is 6.54 Å². The van der Waals surface area contributed by atoms with E-state index < -0.39 is 0 Å². The molecule has 3 N–H and O–H groups in total. The van der Waals surface area contributed by atoms with Crippen LogP contribution in [0.5, 0.6) is 0 Å². The standard InChI is InChI=1S/C16H31N3O2/c1-2-9-19-10-5-14(6-11-19)12-17-15(21)18-16(13-20)7-3-4-8-16/h14,20H,2-13H2,1H3,(H2,17,18,21). The van der Waals surface area contributed by atoms with Crippen molar-refractivity contribution in [3.05, 3.63) is 0 Å². The van der Waals surface area contributed by atoms with Gasteiger partial charge < -0.3 is 20.6 Å². The second-order valence-corrected chi connectivity index (χ2v) is 6.77. The van der Waals surface area contributed by atoms with Crippen LogP contribution in [-0.2, 0) is 0 Å². The Morgan fingerprint density at radius 3 is 2.52 bits per heavy atom. The number of amides is 2. The lowest BCUT2D eigenvalue weighted by atomic mass is 9.96. The molecule has 2 rings (SSSR count). The van der Waals surface area contributed by atoms with E-state index in [1.54, 1.807) is 0 Å². The number of piperidine rings is 1. The van der Waals surface area contributed by atoms with Crippen molar-refractivity contribution in [2.75, 3.05) is 32.8 Å². The lowest BCUT2D eigenvalue weighted by molar-refractivity contribution is 0.158. The highest BCUT2D eigenvalue weighted by Crippen LogP contribution is 2.28. The van der Waals surface area contributed by atoms with Gasteiger partial charge in [0.15, 0.2) is 0 Å². The maximum absolute atomic E-state index is 12.0. The van der Waals surface area contributed by atoms with E-state index in [0.29, 0.717) is 5.92 Å². The number of rotatable bonds is 6. The van der Waals surface area contributed by atoms with Gasteiger partial charge in [0.05, 0.1) is 12.1 Å². The summed E-state index contributed by atoms with van der Waals surface area (Å²) in [5.74, 6) is 0.595. The second kappa shape index (κ2) is 7.99. The second-order valence-electron chi connectivity index (χ2n) is 6.77. The third-order valence-corrected chi connectivity index (χ3v) is 5.04. The first kappa shape index (κ1) is 16.6. The van der Waals surface area contributed by atoms with Crippen molar-refractivity contribution in [2.24, 2.45) is 5.92 Å². The third-order valence-electron chi connectivity index (χ3n) is 5.04. The van der Waals surface area contributed by atoms with Gasteiger partial charge in [0.2, 0.25) is 0 Å². The Labute approximate surface area is 128 Å². The molecule has 0 aromatic rings. The van der Waals surface area contributed by atoms with Crippen molar-refractivity contribution < 1.29 is 9.90 Å². The molecule has 1 aliphatic carbocycles. The van der Waals surface area contributed by atoms with Crippen LogP contribution in [0.15, 0.2) is 0 Å². The molecule has 1 saturated carbocycles. The highest BCUT2D eigenvalue weighted by atomic mass is 16.3. The van der Waals surface area contributed by atoms with Crippen molar-refractivity contribution in [3.63, 3.8) is 0 Å². The minimum Gasteiger partial charge on any atom is -0.394 e. The van der Waals surface area contributed by atoms with Gasteiger partial charge in [0.1, 0.15) is 0 Å². The average molecular weight is 297 g/mol. The Hall–Kier alpha value is -0.810.